The molecule has 1 fully saturated rings. The standard InChI is InChI=1S/C14H22N4O/c1-4-11(9-10-5-6-10)15-13-8-7-12(16-17-13)14(19)18(2)3/h7-8,10-11H,4-6,9H2,1-3H3,(H,15,17). The third-order valence-electron chi connectivity index (χ3n) is 3.45. The average Bonchev–Trinajstić information content (AvgIpc) is 3.22. The summed E-state index contributed by atoms with van der Waals surface area (Å²) >= 11 is 0. The van der Waals surface area contributed by atoms with Crippen molar-refractivity contribution >= 4 is 11.7 Å². The Morgan fingerprint density at radius 3 is 2.63 bits per heavy atom. The molecule has 19 heavy (non-hydrogen) atoms. The first-order valence-corrected chi connectivity index (χ1v) is 6.92. The first-order chi connectivity index (χ1) is 9.10. The minimum absolute atomic E-state index is 0.121. The number of hydrogen-bond acceptors (Lipinski definition) is 4. The highest BCUT2D eigenvalue weighted by Gasteiger charge is 2.24. The largest absolute Gasteiger partial charge is 0.366 e. The van der Waals surface area contributed by atoms with Gasteiger partial charge in [0.2, 0.25) is 0 Å². The molecular formula is C14H22N4O. The lowest BCUT2D eigenvalue weighted by Crippen LogP contribution is -2.24. The Balaban J connectivity index is 1.95. The normalized spacial score (nSPS) is 15.9. The summed E-state index contributed by atoms with van der Waals surface area (Å²) in [7, 11) is 3.41. The van der Waals surface area contributed by atoms with Gasteiger partial charge in [0.15, 0.2) is 5.69 Å². The Morgan fingerprint density at radius 2 is 2.16 bits per heavy atom. The van der Waals surface area contributed by atoms with Crippen molar-refractivity contribution in [3.8, 4) is 0 Å². The third-order valence-corrected chi connectivity index (χ3v) is 3.45. The number of nitrogens with zero attached hydrogens (tertiary/aromatic N) is 3. The molecule has 0 aromatic carbocycles. The van der Waals surface area contributed by atoms with E-state index in [9.17, 15) is 4.79 Å². The molecule has 5 heteroatoms. The van der Waals surface area contributed by atoms with Gasteiger partial charge in [0.1, 0.15) is 5.82 Å². The topological polar surface area (TPSA) is 58.1 Å². The molecule has 1 aliphatic rings. The van der Waals surface area contributed by atoms with Gasteiger partial charge in [-0.2, -0.15) is 0 Å². The smallest absolute Gasteiger partial charge is 0.273 e. The van der Waals surface area contributed by atoms with E-state index < -0.39 is 0 Å². The Kier molecular flexibility index (Phi) is 4.35. The summed E-state index contributed by atoms with van der Waals surface area (Å²) in [5.74, 6) is 1.52. The van der Waals surface area contributed by atoms with Gasteiger partial charge < -0.3 is 10.2 Å². The van der Waals surface area contributed by atoms with Crippen molar-refractivity contribution in [2.24, 2.45) is 5.92 Å². The highest BCUT2D eigenvalue weighted by molar-refractivity contribution is 5.91. The Morgan fingerprint density at radius 1 is 1.42 bits per heavy atom. The van der Waals surface area contributed by atoms with Gasteiger partial charge in [-0.3, -0.25) is 4.79 Å². The summed E-state index contributed by atoms with van der Waals surface area (Å²) in [6.45, 7) is 2.18. The summed E-state index contributed by atoms with van der Waals surface area (Å²) in [6, 6.07) is 4.01. The molecule has 1 N–H and O–H groups in total. The van der Waals surface area contributed by atoms with Crippen LogP contribution in [0.5, 0.6) is 0 Å². The van der Waals surface area contributed by atoms with Crippen LogP contribution in [0.15, 0.2) is 12.1 Å². The molecule has 0 spiro atoms. The van der Waals surface area contributed by atoms with Crippen LogP contribution in [0.25, 0.3) is 0 Å². The SMILES string of the molecule is CCC(CC1CC1)Nc1ccc(C(=O)N(C)C)nn1. The number of rotatable bonds is 6. The molecule has 1 amide bonds. The second-order valence-corrected chi connectivity index (χ2v) is 5.43. The Bertz CT molecular complexity index is 426. The second-order valence-electron chi connectivity index (χ2n) is 5.43. The molecule has 0 aliphatic heterocycles. The van der Waals surface area contributed by atoms with Gasteiger partial charge in [0, 0.05) is 20.1 Å². The number of anilines is 1. The summed E-state index contributed by atoms with van der Waals surface area (Å²) in [4.78, 5) is 13.2. The molecule has 1 unspecified atom stereocenters. The van der Waals surface area contributed by atoms with Gasteiger partial charge in [0.05, 0.1) is 0 Å². The quantitative estimate of drug-likeness (QED) is 0.853. The van der Waals surface area contributed by atoms with E-state index >= 15 is 0 Å². The molecule has 2 rings (SSSR count). The predicted molar refractivity (Wildman–Crippen MR) is 75.1 cm³/mol. The lowest BCUT2D eigenvalue weighted by atomic mass is 10.1. The highest BCUT2D eigenvalue weighted by atomic mass is 16.2. The molecule has 5 nitrogen and oxygen atoms in total. The lowest BCUT2D eigenvalue weighted by molar-refractivity contribution is 0.0821. The summed E-state index contributed by atoms with van der Waals surface area (Å²) in [5.41, 5.74) is 0.380. The van der Waals surface area contributed by atoms with Crippen LogP contribution in [-0.2, 0) is 0 Å². The van der Waals surface area contributed by atoms with E-state index in [0.717, 1.165) is 18.2 Å². The number of carbonyl (C=O) groups is 1. The molecular weight excluding hydrogens is 240 g/mol. The van der Waals surface area contributed by atoms with Crippen molar-refractivity contribution in [2.45, 2.75) is 38.6 Å². The van der Waals surface area contributed by atoms with Crippen molar-refractivity contribution < 1.29 is 4.79 Å². The van der Waals surface area contributed by atoms with E-state index in [1.165, 1.54) is 24.2 Å². The van der Waals surface area contributed by atoms with Gasteiger partial charge in [-0.05, 0) is 30.9 Å². The zero-order valence-corrected chi connectivity index (χ0v) is 11.9. The van der Waals surface area contributed by atoms with Gasteiger partial charge in [-0.1, -0.05) is 19.8 Å². The first-order valence-electron chi connectivity index (χ1n) is 6.92. The molecule has 0 saturated heterocycles. The van der Waals surface area contributed by atoms with Crippen LogP contribution in [0.1, 0.15) is 43.1 Å². The monoisotopic (exact) mass is 262 g/mol. The predicted octanol–water partition coefficient (Wildman–Crippen LogP) is 2.17. The fourth-order valence-corrected chi connectivity index (χ4v) is 2.05. The van der Waals surface area contributed by atoms with Crippen molar-refractivity contribution in [2.75, 3.05) is 19.4 Å². The van der Waals surface area contributed by atoms with Crippen LogP contribution in [0.2, 0.25) is 0 Å². The average molecular weight is 262 g/mol. The number of hydrogen-bond donors (Lipinski definition) is 1. The molecule has 1 aromatic heterocycles. The zero-order valence-electron chi connectivity index (χ0n) is 11.9. The molecule has 0 bridgehead atoms. The molecule has 1 aromatic rings. The maximum Gasteiger partial charge on any atom is 0.273 e. The molecule has 1 aliphatic carbocycles. The van der Waals surface area contributed by atoms with E-state index in [1.54, 1.807) is 20.2 Å². The molecule has 1 saturated carbocycles. The molecule has 1 heterocycles. The van der Waals surface area contributed by atoms with Crippen molar-refractivity contribution in [1.82, 2.24) is 15.1 Å². The van der Waals surface area contributed by atoms with Gasteiger partial charge >= 0.3 is 0 Å². The first kappa shape index (κ1) is 13.8. The van der Waals surface area contributed by atoms with Crippen LogP contribution in [-0.4, -0.2) is 41.1 Å². The van der Waals surface area contributed by atoms with Crippen LogP contribution < -0.4 is 5.32 Å². The fraction of sp³-hybridized carbons (Fsp3) is 0.643. The maximum absolute atomic E-state index is 11.7. The molecule has 0 radical (unpaired) electrons. The summed E-state index contributed by atoms with van der Waals surface area (Å²) < 4.78 is 0. The minimum atomic E-state index is -0.121. The number of nitrogens with one attached hydrogen (secondary N) is 1. The number of amides is 1. The van der Waals surface area contributed by atoms with E-state index in [-0.39, 0.29) is 5.91 Å². The Hall–Kier alpha value is -1.65. The summed E-state index contributed by atoms with van der Waals surface area (Å²) in [6.07, 6.45) is 5.01. The Labute approximate surface area is 114 Å². The molecule has 1 atom stereocenters. The lowest BCUT2D eigenvalue weighted by Gasteiger charge is -2.17. The fourth-order valence-electron chi connectivity index (χ4n) is 2.05. The van der Waals surface area contributed by atoms with Crippen LogP contribution in [0, 0.1) is 5.92 Å². The van der Waals surface area contributed by atoms with E-state index in [1.807, 2.05) is 6.07 Å². The highest BCUT2D eigenvalue weighted by Crippen LogP contribution is 2.34. The summed E-state index contributed by atoms with van der Waals surface area (Å²) in [5, 5.41) is 11.5. The van der Waals surface area contributed by atoms with Crippen LogP contribution in [0.3, 0.4) is 0 Å². The van der Waals surface area contributed by atoms with Crippen LogP contribution >= 0.6 is 0 Å². The number of carbonyl (C=O) groups excluding carboxylic acids is 1. The minimum Gasteiger partial charge on any atom is -0.366 e. The van der Waals surface area contributed by atoms with Crippen molar-refractivity contribution in [3.05, 3.63) is 17.8 Å². The maximum atomic E-state index is 11.7. The van der Waals surface area contributed by atoms with E-state index in [0.29, 0.717) is 11.7 Å². The number of aromatic nitrogens is 2. The third kappa shape index (κ3) is 3.91. The van der Waals surface area contributed by atoms with Crippen LogP contribution in [0.4, 0.5) is 5.82 Å². The van der Waals surface area contributed by atoms with E-state index in [4.69, 9.17) is 0 Å². The van der Waals surface area contributed by atoms with E-state index in [2.05, 4.69) is 22.4 Å². The van der Waals surface area contributed by atoms with Gasteiger partial charge in [-0.15, -0.1) is 10.2 Å². The second kappa shape index (κ2) is 5.99. The van der Waals surface area contributed by atoms with Crippen molar-refractivity contribution in [1.29, 1.82) is 0 Å². The van der Waals surface area contributed by atoms with Gasteiger partial charge in [-0.25, -0.2) is 0 Å². The zero-order chi connectivity index (χ0) is 13.8. The van der Waals surface area contributed by atoms with Gasteiger partial charge in [0.25, 0.3) is 5.91 Å². The van der Waals surface area contributed by atoms with Crippen molar-refractivity contribution in [3.63, 3.8) is 0 Å². The molecule has 104 valence electrons.